The molecule has 0 aromatic carbocycles. The van der Waals surface area contributed by atoms with Gasteiger partial charge in [0, 0.05) is 12.3 Å². The van der Waals surface area contributed by atoms with Gasteiger partial charge in [0.1, 0.15) is 48.8 Å². The topological polar surface area (TPSA) is 261 Å². The summed E-state index contributed by atoms with van der Waals surface area (Å²) in [4.78, 5) is 25.0. The quantitative estimate of drug-likeness (QED) is 0.0939. The number of carbonyl (C=O) groups excluding carboxylic acids is 1. The molecular formula is C48H76O17. The van der Waals surface area contributed by atoms with Gasteiger partial charge in [-0.1, -0.05) is 53.2 Å². The molecule has 22 atom stereocenters. The van der Waals surface area contributed by atoms with Gasteiger partial charge in [-0.2, -0.15) is 0 Å². The second kappa shape index (κ2) is 17.5. The van der Waals surface area contributed by atoms with Crippen molar-refractivity contribution in [3.63, 3.8) is 0 Å². The van der Waals surface area contributed by atoms with Crippen LogP contribution in [0, 0.1) is 50.2 Å². The third kappa shape index (κ3) is 7.96. The van der Waals surface area contributed by atoms with Crippen LogP contribution in [0.5, 0.6) is 0 Å². The zero-order valence-electron chi connectivity index (χ0n) is 39.3. The van der Waals surface area contributed by atoms with E-state index >= 15 is 0 Å². The Morgan fingerprint density at radius 3 is 1.97 bits per heavy atom. The molecule has 17 nitrogen and oxygen atoms in total. The minimum absolute atomic E-state index is 0.00129. The highest BCUT2D eigenvalue weighted by Gasteiger charge is 2.70. The van der Waals surface area contributed by atoms with Crippen molar-refractivity contribution in [2.24, 2.45) is 50.2 Å². The first-order valence-electron chi connectivity index (χ1n) is 24.0. The van der Waals surface area contributed by atoms with Crippen molar-refractivity contribution in [2.75, 3.05) is 19.8 Å². The lowest BCUT2D eigenvalue weighted by molar-refractivity contribution is -0.379. The third-order valence-corrected chi connectivity index (χ3v) is 19.0. The van der Waals surface area contributed by atoms with Crippen LogP contribution in [0.2, 0.25) is 0 Å². The minimum Gasteiger partial charge on any atom is -0.481 e. The van der Waals surface area contributed by atoms with E-state index in [1.807, 2.05) is 0 Å². The number of aliphatic carboxylic acids is 1. The molecule has 370 valence electrons. The van der Waals surface area contributed by atoms with E-state index in [2.05, 4.69) is 47.6 Å². The fourth-order valence-electron chi connectivity index (χ4n) is 14.8. The van der Waals surface area contributed by atoms with Crippen molar-refractivity contribution in [3.8, 4) is 0 Å². The lowest BCUT2D eigenvalue weighted by Gasteiger charge is -2.71. The molecule has 3 saturated heterocycles. The van der Waals surface area contributed by atoms with E-state index in [0.717, 1.165) is 51.9 Å². The van der Waals surface area contributed by atoms with Gasteiger partial charge in [0.05, 0.1) is 37.4 Å². The monoisotopic (exact) mass is 925 g/mol. The average Bonchev–Trinajstić information content (AvgIpc) is 3.24. The molecule has 0 radical (unpaired) electrons. The largest absolute Gasteiger partial charge is 0.481 e. The van der Waals surface area contributed by atoms with Crippen molar-refractivity contribution >= 4 is 11.9 Å². The minimum atomic E-state index is -1.77. The predicted octanol–water partition coefficient (Wildman–Crippen LogP) is 2.56. The van der Waals surface area contributed by atoms with E-state index < -0.39 is 115 Å². The third-order valence-electron chi connectivity index (χ3n) is 19.0. The number of hydrogen-bond donors (Lipinski definition) is 8. The second-order valence-electron chi connectivity index (χ2n) is 23.0. The second-order valence-corrected chi connectivity index (χ2v) is 23.0. The molecule has 7 fully saturated rings. The first kappa shape index (κ1) is 49.6. The van der Waals surface area contributed by atoms with Gasteiger partial charge in [-0.15, -0.1) is 0 Å². The van der Waals surface area contributed by atoms with Crippen LogP contribution >= 0.6 is 0 Å². The lowest BCUT2D eigenvalue weighted by atomic mass is 9.33. The van der Waals surface area contributed by atoms with Crippen molar-refractivity contribution in [1.29, 1.82) is 0 Å². The normalized spacial score (nSPS) is 53.0. The Bertz CT molecular complexity index is 1810. The zero-order valence-corrected chi connectivity index (χ0v) is 39.3. The maximum absolute atomic E-state index is 13.1. The molecule has 0 amide bonds. The van der Waals surface area contributed by atoms with Crippen LogP contribution in [-0.4, -0.2) is 159 Å². The van der Waals surface area contributed by atoms with E-state index in [1.165, 1.54) is 12.5 Å². The molecule has 8 N–H and O–H groups in total. The summed E-state index contributed by atoms with van der Waals surface area (Å²) in [6, 6.07) is 0. The standard InChI is InChI=1S/C48H76O17/c1-23-32(53)36(64-41-37(62-24(2)50)33(54)27(51)21-60-41)35(56)39(61-23)65-38-34(55)28(52)20-59-40(38)63-31-12-13-44(5)29(45(31,6)22-49)11-14-47(8)30(44)10-9-25-26-19-43(3,4)15-17-48(26,42(57)58)18-16-46(25,47)7/h9,23,26-41,49,51-56H,10-22H2,1-8H3,(H,57,58)/t23-,26-,27-,28-,29+,30+,31-,32-,33-,34-,35+,36+,37+,38+,39-,40-,41-,44+,45-,46+,47+,48-/m0/s1. The number of esters is 1. The van der Waals surface area contributed by atoms with E-state index in [9.17, 15) is 50.4 Å². The fourth-order valence-corrected chi connectivity index (χ4v) is 14.8. The number of carboxylic acid groups (broad SMARTS) is 1. The maximum Gasteiger partial charge on any atom is 0.310 e. The van der Waals surface area contributed by atoms with E-state index in [0.29, 0.717) is 19.3 Å². The van der Waals surface area contributed by atoms with Gasteiger partial charge < -0.3 is 74.0 Å². The molecule has 8 rings (SSSR count). The molecule has 0 aromatic heterocycles. The van der Waals surface area contributed by atoms with Crippen molar-refractivity contribution in [3.05, 3.63) is 11.6 Å². The number of rotatable bonds is 9. The zero-order chi connectivity index (χ0) is 47.4. The molecule has 65 heavy (non-hydrogen) atoms. The summed E-state index contributed by atoms with van der Waals surface area (Å²) in [5.74, 6) is -1.17. The number of carbonyl (C=O) groups is 2. The summed E-state index contributed by atoms with van der Waals surface area (Å²) in [6.07, 6.45) is -9.39. The summed E-state index contributed by atoms with van der Waals surface area (Å²) < 4.78 is 41.7. The Morgan fingerprint density at radius 2 is 1.34 bits per heavy atom. The van der Waals surface area contributed by atoms with Crippen molar-refractivity contribution in [1.82, 2.24) is 0 Å². The molecule has 4 saturated carbocycles. The molecule has 0 aromatic rings. The molecular weight excluding hydrogens is 849 g/mol. The highest BCUT2D eigenvalue weighted by Crippen LogP contribution is 2.76. The molecule has 5 aliphatic carbocycles. The fraction of sp³-hybridized carbons (Fsp3) is 0.917. The van der Waals surface area contributed by atoms with Crippen LogP contribution < -0.4 is 0 Å². The Balaban J connectivity index is 1.01. The summed E-state index contributed by atoms with van der Waals surface area (Å²) >= 11 is 0. The van der Waals surface area contributed by atoms with Gasteiger partial charge in [0.25, 0.3) is 0 Å². The predicted molar refractivity (Wildman–Crippen MR) is 228 cm³/mol. The molecule has 3 heterocycles. The highest BCUT2D eigenvalue weighted by molar-refractivity contribution is 5.76. The number of allylic oxidation sites excluding steroid dienone is 2. The van der Waals surface area contributed by atoms with Gasteiger partial charge in [-0.3, -0.25) is 9.59 Å². The van der Waals surface area contributed by atoms with Gasteiger partial charge in [-0.05, 0) is 111 Å². The SMILES string of the molecule is CC(=O)O[C@H]1[C@H](O[C@@H]2[C@@H](O)[C@H](C)O[C@@H](O[C@H]3[C@H](O[C@H]4CC[C@]5(C)[C@@H](CC[C@]6(C)[C@@H]5CC=C5[C@@H]7CC(C)(C)CC[C@]7(C(=O)O)CC[C@]56C)[C@]4(C)CO)OC[C@H](O)[C@@H]3O)[C@@H]2O)OC[C@H](O)[C@@H]1O. The molecule has 0 bridgehead atoms. The Kier molecular flexibility index (Phi) is 13.4. The number of carboxylic acids is 1. The molecule has 8 aliphatic rings. The van der Waals surface area contributed by atoms with Crippen LogP contribution in [0.1, 0.15) is 120 Å². The number of hydrogen-bond acceptors (Lipinski definition) is 16. The Hall–Kier alpha value is -1.84. The van der Waals surface area contributed by atoms with E-state index in [1.54, 1.807) is 0 Å². The highest BCUT2D eigenvalue weighted by atomic mass is 16.8. The van der Waals surface area contributed by atoms with Gasteiger partial charge in [-0.25, -0.2) is 0 Å². The smallest absolute Gasteiger partial charge is 0.310 e. The number of fused-ring (bicyclic) bond motifs is 7. The van der Waals surface area contributed by atoms with Crippen LogP contribution in [-0.2, 0) is 42.7 Å². The Morgan fingerprint density at radius 1 is 0.723 bits per heavy atom. The summed E-state index contributed by atoms with van der Waals surface area (Å²) in [5, 5.41) is 88.1. The first-order chi connectivity index (χ1) is 30.4. The Labute approximate surface area is 382 Å². The van der Waals surface area contributed by atoms with Crippen LogP contribution in [0.3, 0.4) is 0 Å². The van der Waals surface area contributed by atoms with Crippen molar-refractivity contribution < 1.29 is 83.6 Å². The van der Waals surface area contributed by atoms with E-state index in [4.69, 9.17) is 33.2 Å². The van der Waals surface area contributed by atoms with Gasteiger partial charge >= 0.3 is 11.9 Å². The average molecular weight is 925 g/mol. The maximum atomic E-state index is 13.1. The molecule has 0 spiro atoms. The van der Waals surface area contributed by atoms with Crippen LogP contribution in [0.15, 0.2) is 11.6 Å². The van der Waals surface area contributed by atoms with Gasteiger partial charge in [0.15, 0.2) is 25.0 Å². The van der Waals surface area contributed by atoms with Crippen LogP contribution in [0.4, 0.5) is 0 Å². The molecule has 0 unspecified atom stereocenters. The molecule has 17 heteroatoms. The lowest BCUT2D eigenvalue weighted by Crippen LogP contribution is -2.67. The number of ether oxygens (including phenoxy) is 7. The summed E-state index contributed by atoms with van der Waals surface area (Å²) in [7, 11) is 0. The van der Waals surface area contributed by atoms with E-state index in [-0.39, 0.29) is 52.6 Å². The van der Waals surface area contributed by atoms with Crippen LogP contribution in [0.25, 0.3) is 0 Å². The molecule has 3 aliphatic heterocycles. The van der Waals surface area contributed by atoms with Crippen molar-refractivity contribution in [2.45, 2.75) is 206 Å². The number of aliphatic hydroxyl groups is 7. The number of aliphatic hydroxyl groups excluding tert-OH is 7. The first-order valence-corrected chi connectivity index (χ1v) is 24.0. The van der Waals surface area contributed by atoms with Gasteiger partial charge in [0.2, 0.25) is 0 Å². The summed E-state index contributed by atoms with van der Waals surface area (Å²) in [6.45, 7) is 15.6. The summed E-state index contributed by atoms with van der Waals surface area (Å²) in [5.41, 5.74) is -0.589.